The number of carbonyl (C=O) groups excluding carboxylic acids is 1. The van der Waals surface area contributed by atoms with E-state index in [4.69, 9.17) is 4.74 Å². The third-order valence-corrected chi connectivity index (χ3v) is 4.79. The average Bonchev–Trinajstić information content (AvgIpc) is 2.99. The van der Waals surface area contributed by atoms with Gasteiger partial charge in [0.1, 0.15) is 10.7 Å². The number of nitrogens with zero attached hydrogens (tertiary/aromatic N) is 3. The molecule has 0 aliphatic carbocycles. The predicted octanol–water partition coefficient (Wildman–Crippen LogP) is 1.55. The average molecular weight is 302 g/mol. The smallest absolute Gasteiger partial charge is 0.272 e. The minimum absolute atomic E-state index is 0.0139. The lowest BCUT2D eigenvalue weighted by molar-refractivity contribution is 0.0298. The normalized spacial score (nSPS) is 17.2. The fourth-order valence-corrected chi connectivity index (χ4v) is 3.67. The number of morpholine rings is 1. The lowest BCUT2D eigenvalue weighted by atomic mass is 10.1. The Kier molecular flexibility index (Phi) is 3.16. The second-order valence-corrected chi connectivity index (χ2v) is 5.94. The Morgan fingerprint density at radius 3 is 3.10 bits per heavy atom. The van der Waals surface area contributed by atoms with E-state index in [9.17, 15) is 4.79 Å². The molecule has 0 radical (unpaired) electrons. The van der Waals surface area contributed by atoms with Gasteiger partial charge < -0.3 is 9.64 Å². The van der Waals surface area contributed by atoms with E-state index in [1.807, 2.05) is 17.0 Å². The highest BCUT2D eigenvalue weighted by atomic mass is 32.2. The van der Waals surface area contributed by atoms with Crippen LogP contribution >= 0.6 is 11.8 Å². The molecule has 0 atom stereocenters. The highest BCUT2D eigenvalue weighted by Gasteiger charge is 2.29. The van der Waals surface area contributed by atoms with E-state index in [1.54, 1.807) is 18.0 Å². The molecule has 1 fully saturated rings. The number of pyridine rings is 1. The van der Waals surface area contributed by atoms with Crippen molar-refractivity contribution in [2.45, 2.75) is 10.8 Å². The molecular weight excluding hydrogens is 288 g/mol. The molecule has 1 N–H and O–H groups in total. The van der Waals surface area contributed by atoms with Crippen LogP contribution in [0.1, 0.15) is 16.1 Å². The minimum Gasteiger partial charge on any atom is -0.378 e. The highest BCUT2D eigenvalue weighted by molar-refractivity contribution is 7.98. The van der Waals surface area contributed by atoms with Gasteiger partial charge in [-0.1, -0.05) is 0 Å². The molecule has 0 spiro atoms. The largest absolute Gasteiger partial charge is 0.378 e. The summed E-state index contributed by atoms with van der Waals surface area (Å²) in [6, 6.07) is 3.89. The van der Waals surface area contributed by atoms with Gasteiger partial charge in [0.05, 0.1) is 18.9 Å². The number of carbonyl (C=O) groups is 1. The highest BCUT2D eigenvalue weighted by Crippen LogP contribution is 2.40. The summed E-state index contributed by atoms with van der Waals surface area (Å²) >= 11 is 1.65. The monoisotopic (exact) mass is 302 g/mol. The number of hydrogen-bond donors (Lipinski definition) is 1. The van der Waals surface area contributed by atoms with Gasteiger partial charge in [0.25, 0.3) is 5.91 Å². The van der Waals surface area contributed by atoms with Crippen LogP contribution in [0.2, 0.25) is 0 Å². The first kappa shape index (κ1) is 12.8. The van der Waals surface area contributed by atoms with Gasteiger partial charge in [-0.15, -0.1) is 11.8 Å². The van der Waals surface area contributed by atoms with Crippen molar-refractivity contribution in [3.05, 3.63) is 29.6 Å². The summed E-state index contributed by atoms with van der Waals surface area (Å²) in [5.74, 6) is 0.737. The van der Waals surface area contributed by atoms with Crippen molar-refractivity contribution < 1.29 is 9.53 Å². The molecule has 2 aromatic heterocycles. The Labute approximate surface area is 125 Å². The number of fused-ring (bicyclic) bond motifs is 3. The van der Waals surface area contributed by atoms with Crippen LogP contribution < -0.4 is 0 Å². The van der Waals surface area contributed by atoms with Crippen molar-refractivity contribution in [3.8, 4) is 11.3 Å². The number of ether oxygens (including phenoxy) is 1. The fourth-order valence-electron chi connectivity index (χ4n) is 2.66. The number of H-pyrrole nitrogens is 1. The first-order chi connectivity index (χ1) is 10.3. The van der Waals surface area contributed by atoms with Crippen molar-refractivity contribution in [2.75, 3.05) is 26.3 Å². The molecule has 4 heterocycles. The van der Waals surface area contributed by atoms with Crippen LogP contribution in [0.15, 0.2) is 23.4 Å². The van der Waals surface area contributed by atoms with Crippen LogP contribution in [-0.4, -0.2) is 52.3 Å². The summed E-state index contributed by atoms with van der Waals surface area (Å²) in [6.07, 6.45) is 1.78. The van der Waals surface area contributed by atoms with E-state index in [0.29, 0.717) is 32.0 Å². The molecule has 0 unspecified atom stereocenters. The molecule has 1 saturated heterocycles. The molecule has 21 heavy (non-hydrogen) atoms. The zero-order chi connectivity index (χ0) is 14.2. The van der Waals surface area contributed by atoms with Crippen LogP contribution in [0.5, 0.6) is 0 Å². The Balaban J connectivity index is 1.71. The Bertz CT molecular complexity index is 694. The molecule has 2 aliphatic rings. The van der Waals surface area contributed by atoms with E-state index >= 15 is 0 Å². The molecule has 0 aromatic carbocycles. The standard InChI is InChI=1S/C14H14N4O2S/c19-14(18-4-6-20-7-5-18)12-10-8-21-13-9(2-1-3-15-13)11(10)16-17-12/h1-3H,4-8H2,(H,16,17). The third-order valence-electron chi connectivity index (χ3n) is 3.76. The van der Waals surface area contributed by atoms with Gasteiger partial charge >= 0.3 is 0 Å². The number of aromatic amines is 1. The molecule has 0 bridgehead atoms. The maximum absolute atomic E-state index is 12.6. The fraction of sp³-hybridized carbons (Fsp3) is 0.357. The molecule has 1 amide bonds. The van der Waals surface area contributed by atoms with Crippen molar-refractivity contribution in [3.63, 3.8) is 0 Å². The molecule has 7 heteroatoms. The molecule has 0 saturated carbocycles. The molecule has 2 aromatic rings. The summed E-state index contributed by atoms with van der Waals surface area (Å²) in [5.41, 5.74) is 3.44. The third kappa shape index (κ3) is 2.13. The summed E-state index contributed by atoms with van der Waals surface area (Å²) < 4.78 is 5.29. The summed E-state index contributed by atoms with van der Waals surface area (Å²) in [6.45, 7) is 2.48. The number of thioether (sulfide) groups is 1. The van der Waals surface area contributed by atoms with Gasteiger partial charge in [-0.25, -0.2) is 4.98 Å². The molecule has 108 valence electrons. The number of rotatable bonds is 1. The second-order valence-electron chi connectivity index (χ2n) is 4.98. The van der Waals surface area contributed by atoms with Gasteiger partial charge in [0.2, 0.25) is 0 Å². The van der Waals surface area contributed by atoms with E-state index in [2.05, 4.69) is 15.2 Å². The molecule has 6 nitrogen and oxygen atoms in total. The SMILES string of the molecule is O=C(c1[nH]nc2c1CSc1ncccc1-2)N1CCOCC1. The van der Waals surface area contributed by atoms with E-state index in [1.165, 1.54) is 0 Å². The first-order valence-corrected chi connectivity index (χ1v) is 7.85. The van der Waals surface area contributed by atoms with Crippen LogP contribution in [-0.2, 0) is 10.5 Å². The van der Waals surface area contributed by atoms with Crippen LogP contribution in [0.4, 0.5) is 0 Å². The quantitative estimate of drug-likeness (QED) is 0.865. The van der Waals surface area contributed by atoms with Gasteiger partial charge in [-0.3, -0.25) is 9.89 Å². The summed E-state index contributed by atoms with van der Waals surface area (Å²) in [7, 11) is 0. The Morgan fingerprint density at radius 1 is 1.38 bits per heavy atom. The van der Waals surface area contributed by atoms with Gasteiger partial charge in [-0.05, 0) is 12.1 Å². The maximum Gasteiger partial charge on any atom is 0.272 e. The minimum atomic E-state index is 0.0139. The number of nitrogens with one attached hydrogen (secondary N) is 1. The van der Waals surface area contributed by atoms with Crippen LogP contribution in [0, 0.1) is 0 Å². The van der Waals surface area contributed by atoms with Crippen LogP contribution in [0.3, 0.4) is 0 Å². The molecular formula is C14H14N4O2S. The zero-order valence-corrected chi connectivity index (χ0v) is 12.2. The molecule has 2 aliphatic heterocycles. The van der Waals surface area contributed by atoms with Crippen molar-refractivity contribution in [1.82, 2.24) is 20.1 Å². The zero-order valence-electron chi connectivity index (χ0n) is 11.3. The molecule has 4 rings (SSSR count). The lowest BCUT2D eigenvalue weighted by Crippen LogP contribution is -2.41. The van der Waals surface area contributed by atoms with Crippen molar-refractivity contribution in [1.29, 1.82) is 0 Å². The van der Waals surface area contributed by atoms with Crippen molar-refractivity contribution >= 4 is 17.7 Å². The summed E-state index contributed by atoms with van der Waals surface area (Å²) in [5, 5.41) is 8.26. The van der Waals surface area contributed by atoms with Gasteiger partial charge in [0.15, 0.2) is 0 Å². The Hall–Kier alpha value is -1.86. The summed E-state index contributed by atoms with van der Waals surface area (Å²) in [4.78, 5) is 18.8. The second kappa shape index (κ2) is 5.16. The van der Waals surface area contributed by atoms with Gasteiger partial charge in [0, 0.05) is 36.2 Å². The first-order valence-electron chi connectivity index (χ1n) is 6.87. The van der Waals surface area contributed by atoms with Gasteiger partial charge in [-0.2, -0.15) is 5.10 Å². The predicted molar refractivity (Wildman–Crippen MR) is 78.1 cm³/mol. The van der Waals surface area contributed by atoms with E-state index in [-0.39, 0.29) is 5.91 Å². The van der Waals surface area contributed by atoms with E-state index < -0.39 is 0 Å². The number of hydrogen-bond acceptors (Lipinski definition) is 5. The number of amides is 1. The maximum atomic E-state index is 12.6. The van der Waals surface area contributed by atoms with Crippen molar-refractivity contribution in [2.24, 2.45) is 0 Å². The number of aromatic nitrogens is 3. The lowest BCUT2D eigenvalue weighted by Gasteiger charge is -2.26. The van der Waals surface area contributed by atoms with Crippen LogP contribution in [0.25, 0.3) is 11.3 Å². The topological polar surface area (TPSA) is 71.1 Å². The Morgan fingerprint density at radius 2 is 2.24 bits per heavy atom. The van der Waals surface area contributed by atoms with E-state index in [0.717, 1.165) is 27.6 Å².